The summed E-state index contributed by atoms with van der Waals surface area (Å²) in [4.78, 5) is 36.3. The van der Waals surface area contributed by atoms with Gasteiger partial charge in [0.2, 0.25) is 0 Å². The van der Waals surface area contributed by atoms with E-state index in [0.29, 0.717) is 18.1 Å². The molecule has 0 aromatic carbocycles. The largest absolute Gasteiger partial charge is 0.459 e. The highest BCUT2D eigenvalue weighted by Gasteiger charge is 2.31. The fourth-order valence-electron chi connectivity index (χ4n) is 3.38. The van der Waals surface area contributed by atoms with Crippen molar-refractivity contribution in [2.75, 3.05) is 12.9 Å². The molecule has 7 heteroatoms. The molecular weight excluding hydrogens is 378 g/mol. The Hall–Kier alpha value is -1.60. The minimum Gasteiger partial charge on any atom is -0.459 e. The van der Waals surface area contributed by atoms with Crippen molar-refractivity contribution in [1.82, 2.24) is 5.32 Å². The molecule has 0 aliphatic carbocycles. The van der Waals surface area contributed by atoms with Crippen LogP contribution in [0.25, 0.3) is 0 Å². The first kappa shape index (κ1) is 22.7. The van der Waals surface area contributed by atoms with Gasteiger partial charge in [-0.15, -0.1) is 0 Å². The lowest BCUT2D eigenvalue weighted by Crippen LogP contribution is -2.38. The van der Waals surface area contributed by atoms with Crippen LogP contribution >= 0.6 is 11.8 Å². The van der Waals surface area contributed by atoms with Gasteiger partial charge in [-0.1, -0.05) is 36.4 Å². The van der Waals surface area contributed by atoms with Gasteiger partial charge in [0.15, 0.2) is 5.78 Å². The minimum atomic E-state index is -0.565. The van der Waals surface area contributed by atoms with Crippen LogP contribution in [-0.2, 0) is 19.1 Å². The molecule has 2 rings (SSSR count). The number of carbonyl (C=O) groups is 3. The molecule has 28 heavy (non-hydrogen) atoms. The summed E-state index contributed by atoms with van der Waals surface area (Å²) in [5, 5.41) is 2.48. The minimum absolute atomic E-state index is 0.0828. The van der Waals surface area contributed by atoms with Gasteiger partial charge in [-0.3, -0.25) is 9.59 Å². The number of carbonyl (C=O) groups excluding carboxylic acids is 3. The quantitative estimate of drug-likeness (QED) is 0.562. The molecule has 1 amide bonds. The van der Waals surface area contributed by atoms with Gasteiger partial charge in [0.25, 0.3) is 5.24 Å². The summed E-state index contributed by atoms with van der Waals surface area (Å²) in [6.07, 6.45) is 9.25. The predicted octanol–water partition coefficient (Wildman–Crippen LogP) is 3.80. The normalized spacial score (nSPS) is 33.2. The second-order valence-electron chi connectivity index (χ2n) is 7.63. The van der Waals surface area contributed by atoms with E-state index in [1.807, 2.05) is 6.92 Å². The predicted molar refractivity (Wildman–Crippen MR) is 110 cm³/mol. The highest BCUT2D eigenvalue weighted by atomic mass is 32.2. The highest BCUT2D eigenvalue weighted by Crippen LogP contribution is 2.22. The maximum atomic E-state index is 12.6. The first-order valence-corrected chi connectivity index (χ1v) is 10.9. The zero-order chi connectivity index (χ0) is 20.5. The van der Waals surface area contributed by atoms with Crippen molar-refractivity contribution in [3.63, 3.8) is 0 Å². The maximum Gasteiger partial charge on any atom is 0.330 e. The smallest absolute Gasteiger partial charge is 0.330 e. The lowest BCUT2D eigenvalue weighted by Gasteiger charge is -2.24. The van der Waals surface area contributed by atoms with E-state index < -0.39 is 18.1 Å². The second kappa shape index (κ2) is 11.4. The van der Waals surface area contributed by atoms with Crippen molar-refractivity contribution in [3.8, 4) is 0 Å². The van der Waals surface area contributed by atoms with Crippen LogP contribution < -0.4 is 5.32 Å². The van der Waals surface area contributed by atoms with Crippen LogP contribution in [0.5, 0.6) is 0 Å². The number of ether oxygens (including phenoxy) is 2. The van der Waals surface area contributed by atoms with E-state index in [1.165, 1.54) is 6.08 Å². The van der Waals surface area contributed by atoms with Crippen molar-refractivity contribution < 1.29 is 23.9 Å². The Balaban J connectivity index is 2.10. The van der Waals surface area contributed by atoms with Gasteiger partial charge >= 0.3 is 5.97 Å². The molecule has 1 saturated heterocycles. The fourth-order valence-corrected chi connectivity index (χ4v) is 4.19. The Kier molecular flexibility index (Phi) is 9.25. The fraction of sp³-hybridized carbons (Fsp3) is 0.667. The standard InChI is InChI=1S/C21H31NO5S/c1-14-6-4-5-7-15(2)10-20(24)27-17(11-16(26-3)9-8-14)12-19(23)18-13-28-21(25)22-18/h4,6,10,14,16-18H,5,7-9,11-13H2,1-3H3,(H,22,25)/b6-4-,15-10-. The third-order valence-electron chi connectivity index (χ3n) is 5.11. The lowest BCUT2D eigenvalue weighted by molar-refractivity contribution is -0.146. The monoisotopic (exact) mass is 409 g/mol. The summed E-state index contributed by atoms with van der Waals surface area (Å²) in [6, 6.07) is -0.507. The van der Waals surface area contributed by atoms with Gasteiger partial charge in [-0.25, -0.2) is 4.79 Å². The highest BCUT2D eigenvalue weighted by molar-refractivity contribution is 8.14. The van der Waals surface area contributed by atoms with Crippen molar-refractivity contribution in [2.24, 2.45) is 5.92 Å². The van der Waals surface area contributed by atoms with E-state index in [1.54, 1.807) is 7.11 Å². The van der Waals surface area contributed by atoms with Gasteiger partial charge in [0.05, 0.1) is 12.1 Å². The molecular formula is C21H31NO5S. The van der Waals surface area contributed by atoms with E-state index in [-0.39, 0.29) is 23.5 Å². The molecule has 0 aromatic heterocycles. The third-order valence-corrected chi connectivity index (χ3v) is 5.99. The van der Waals surface area contributed by atoms with Crippen LogP contribution in [0.2, 0.25) is 0 Å². The Morgan fingerprint density at radius 2 is 2.14 bits per heavy atom. The van der Waals surface area contributed by atoms with Crippen LogP contribution in [-0.4, -0.2) is 48.1 Å². The van der Waals surface area contributed by atoms with Gasteiger partial charge in [0, 0.05) is 31.8 Å². The van der Waals surface area contributed by atoms with Crippen molar-refractivity contribution >= 4 is 28.8 Å². The first-order valence-electron chi connectivity index (χ1n) is 9.90. The number of nitrogens with one attached hydrogen (secondary N) is 1. The molecule has 0 saturated carbocycles. The summed E-state index contributed by atoms with van der Waals surface area (Å²) >= 11 is 1.11. The van der Waals surface area contributed by atoms with E-state index in [4.69, 9.17) is 9.47 Å². The number of thioether (sulfide) groups is 1. The van der Waals surface area contributed by atoms with Crippen molar-refractivity contribution in [2.45, 2.75) is 70.6 Å². The van der Waals surface area contributed by atoms with E-state index in [0.717, 1.165) is 43.0 Å². The van der Waals surface area contributed by atoms with Crippen LogP contribution in [0.15, 0.2) is 23.8 Å². The molecule has 2 heterocycles. The Morgan fingerprint density at radius 3 is 2.82 bits per heavy atom. The summed E-state index contributed by atoms with van der Waals surface area (Å²) in [7, 11) is 1.65. The maximum absolute atomic E-state index is 12.6. The summed E-state index contributed by atoms with van der Waals surface area (Å²) < 4.78 is 11.2. The zero-order valence-corrected chi connectivity index (χ0v) is 17.8. The number of ketones is 1. The molecule has 4 atom stereocenters. The van der Waals surface area contributed by atoms with Crippen molar-refractivity contribution in [1.29, 1.82) is 0 Å². The zero-order valence-electron chi connectivity index (χ0n) is 16.9. The molecule has 0 spiro atoms. The number of cyclic esters (lactones) is 1. The summed E-state index contributed by atoms with van der Waals surface area (Å²) in [5.41, 5.74) is 0.951. The van der Waals surface area contributed by atoms with Gasteiger partial charge in [-0.05, 0) is 38.5 Å². The molecule has 4 unspecified atom stereocenters. The van der Waals surface area contributed by atoms with Gasteiger partial charge < -0.3 is 14.8 Å². The molecule has 0 bridgehead atoms. The van der Waals surface area contributed by atoms with E-state index >= 15 is 0 Å². The number of amides is 1. The average molecular weight is 410 g/mol. The van der Waals surface area contributed by atoms with Crippen LogP contribution in [0.4, 0.5) is 4.79 Å². The molecule has 0 radical (unpaired) electrons. The lowest BCUT2D eigenvalue weighted by atomic mass is 9.96. The number of Topliss-reactive ketones (excluding diaryl/α,β-unsaturated/α-hetero) is 1. The number of rotatable bonds is 4. The molecule has 156 valence electrons. The summed E-state index contributed by atoms with van der Waals surface area (Å²) in [5.74, 6) is 0.335. The van der Waals surface area contributed by atoms with E-state index in [2.05, 4.69) is 24.4 Å². The number of allylic oxidation sites excluding steroid dienone is 3. The Labute approximate surface area is 171 Å². The SMILES string of the molecule is COC1CCC(C)/C=C\CC/C(C)=C\C(=O)OC(CC(=O)C2CSC(=O)N2)C1. The van der Waals surface area contributed by atoms with Gasteiger partial charge in [-0.2, -0.15) is 0 Å². The number of hydrogen-bond acceptors (Lipinski definition) is 6. The van der Waals surface area contributed by atoms with E-state index in [9.17, 15) is 14.4 Å². The van der Waals surface area contributed by atoms with Crippen molar-refractivity contribution in [3.05, 3.63) is 23.8 Å². The third kappa shape index (κ3) is 7.80. The molecule has 1 N–H and O–H groups in total. The van der Waals surface area contributed by atoms with Crippen LogP contribution in [0.1, 0.15) is 52.4 Å². The van der Waals surface area contributed by atoms with Crippen LogP contribution in [0, 0.1) is 5.92 Å². The summed E-state index contributed by atoms with van der Waals surface area (Å²) in [6.45, 7) is 4.09. The molecule has 6 nitrogen and oxygen atoms in total. The average Bonchev–Trinajstić information content (AvgIpc) is 3.07. The second-order valence-corrected chi connectivity index (χ2v) is 8.62. The first-order chi connectivity index (χ1) is 13.4. The number of hydrogen-bond donors (Lipinski definition) is 1. The molecule has 0 aromatic rings. The topological polar surface area (TPSA) is 81.7 Å². The Morgan fingerprint density at radius 1 is 1.36 bits per heavy atom. The molecule has 2 aliphatic rings. The van der Waals surface area contributed by atoms with Gasteiger partial charge in [0.1, 0.15) is 6.10 Å². The Bertz CT molecular complexity index is 630. The molecule has 2 aliphatic heterocycles. The number of methoxy groups -OCH3 is 1. The van der Waals surface area contributed by atoms with Crippen LogP contribution in [0.3, 0.4) is 0 Å². The number of esters is 1. The molecule has 1 fully saturated rings.